The van der Waals surface area contributed by atoms with E-state index in [9.17, 15) is 4.79 Å². The number of fused-ring (bicyclic) bond motifs is 1. The van der Waals surface area contributed by atoms with Gasteiger partial charge in [0.15, 0.2) is 4.34 Å². The number of rotatable bonds is 3. The Morgan fingerprint density at radius 2 is 2.33 bits per heavy atom. The predicted octanol–water partition coefficient (Wildman–Crippen LogP) is 2.63. The molecule has 1 aromatic heterocycles. The summed E-state index contributed by atoms with van der Waals surface area (Å²) >= 11 is 3.20. The molecule has 1 saturated heterocycles. The van der Waals surface area contributed by atoms with Crippen molar-refractivity contribution >= 4 is 51.6 Å². The van der Waals surface area contributed by atoms with Crippen molar-refractivity contribution in [2.45, 2.75) is 17.3 Å². The second-order valence-electron chi connectivity index (χ2n) is 4.88. The fourth-order valence-corrected chi connectivity index (χ4v) is 4.29. The summed E-state index contributed by atoms with van der Waals surface area (Å²) in [6.07, 6.45) is 0. The van der Waals surface area contributed by atoms with Gasteiger partial charge >= 0.3 is 0 Å². The van der Waals surface area contributed by atoms with Crippen molar-refractivity contribution in [2.24, 2.45) is 0 Å². The Kier molecular flexibility index (Phi) is 5.87. The minimum atomic E-state index is 0. The van der Waals surface area contributed by atoms with Gasteiger partial charge in [0, 0.05) is 25.7 Å². The lowest BCUT2D eigenvalue weighted by Crippen LogP contribution is -2.52. The molecule has 1 atom stereocenters. The first kappa shape index (κ1) is 16.5. The highest BCUT2D eigenvalue weighted by Gasteiger charge is 2.23. The molecular weight excluding hydrogens is 326 g/mol. The molecule has 114 valence electrons. The minimum Gasteiger partial charge on any atom is -0.337 e. The number of aromatic nitrogens is 1. The number of carbonyl (C=O) groups excluding carboxylic acids is 1. The zero-order valence-corrected chi connectivity index (χ0v) is 14.2. The second-order valence-corrected chi connectivity index (χ2v) is 7.13. The molecule has 21 heavy (non-hydrogen) atoms. The van der Waals surface area contributed by atoms with Crippen LogP contribution in [0.4, 0.5) is 0 Å². The third kappa shape index (κ3) is 3.88. The number of hydrogen-bond acceptors (Lipinski definition) is 5. The van der Waals surface area contributed by atoms with Crippen LogP contribution in [0.15, 0.2) is 28.6 Å². The number of thiazole rings is 1. The van der Waals surface area contributed by atoms with E-state index in [0.717, 1.165) is 29.5 Å². The molecule has 0 unspecified atom stereocenters. The summed E-state index contributed by atoms with van der Waals surface area (Å²) in [5.74, 6) is 0.688. The first-order valence-electron chi connectivity index (χ1n) is 6.72. The molecule has 0 bridgehead atoms. The molecule has 0 spiro atoms. The molecular formula is C14H18ClN3OS2. The quantitative estimate of drug-likeness (QED) is 0.870. The van der Waals surface area contributed by atoms with Gasteiger partial charge in [-0.25, -0.2) is 4.98 Å². The fraction of sp³-hybridized carbons (Fsp3) is 0.429. The van der Waals surface area contributed by atoms with Gasteiger partial charge in [-0.15, -0.1) is 23.7 Å². The van der Waals surface area contributed by atoms with Gasteiger partial charge in [-0.05, 0) is 19.1 Å². The molecule has 0 radical (unpaired) electrons. The lowest BCUT2D eigenvalue weighted by molar-refractivity contribution is -0.131. The van der Waals surface area contributed by atoms with E-state index < -0.39 is 0 Å². The van der Waals surface area contributed by atoms with E-state index in [4.69, 9.17) is 0 Å². The van der Waals surface area contributed by atoms with Gasteiger partial charge in [0.1, 0.15) is 0 Å². The normalized spacial score (nSPS) is 18.5. The van der Waals surface area contributed by atoms with Crippen LogP contribution in [0.2, 0.25) is 0 Å². The van der Waals surface area contributed by atoms with Crippen molar-refractivity contribution < 1.29 is 4.79 Å². The van der Waals surface area contributed by atoms with E-state index in [1.807, 2.05) is 23.1 Å². The molecule has 1 amide bonds. The zero-order chi connectivity index (χ0) is 13.9. The van der Waals surface area contributed by atoms with Crippen LogP contribution in [0.25, 0.3) is 10.2 Å². The van der Waals surface area contributed by atoms with E-state index in [1.165, 1.54) is 4.70 Å². The van der Waals surface area contributed by atoms with Crippen LogP contribution in [-0.2, 0) is 4.79 Å². The SMILES string of the molecule is C[C@@H]1CNCCN1C(=O)CSc1nc2ccccc2s1.Cl. The van der Waals surface area contributed by atoms with Gasteiger partial charge in [0.25, 0.3) is 0 Å². The highest BCUT2D eigenvalue weighted by atomic mass is 35.5. The number of nitrogens with zero attached hydrogens (tertiary/aromatic N) is 2. The molecule has 7 heteroatoms. The van der Waals surface area contributed by atoms with Gasteiger partial charge in [-0.2, -0.15) is 0 Å². The molecule has 1 aliphatic rings. The van der Waals surface area contributed by atoms with Crippen LogP contribution < -0.4 is 5.32 Å². The summed E-state index contributed by atoms with van der Waals surface area (Å²) in [6.45, 7) is 4.67. The van der Waals surface area contributed by atoms with Crippen LogP contribution in [0, 0.1) is 0 Å². The summed E-state index contributed by atoms with van der Waals surface area (Å²) in [5.41, 5.74) is 1.02. The van der Waals surface area contributed by atoms with Crippen LogP contribution in [0.3, 0.4) is 0 Å². The topological polar surface area (TPSA) is 45.2 Å². The average molecular weight is 344 g/mol. The summed E-state index contributed by atoms with van der Waals surface area (Å²) in [6, 6.07) is 8.37. The summed E-state index contributed by atoms with van der Waals surface area (Å²) < 4.78 is 2.15. The Morgan fingerprint density at radius 3 is 3.10 bits per heavy atom. The maximum absolute atomic E-state index is 12.3. The second kappa shape index (κ2) is 7.45. The molecule has 2 aromatic rings. The molecule has 1 aromatic carbocycles. The largest absolute Gasteiger partial charge is 0.337 e. The van der Waals surface area contributed by atoms with Crippen LogP contribution >= 0.6 is 35.5 Å². The number of hydrogen-bond donors (Lipinski definition) is 1. The van der Waals surface area contributed by atoms with Crippen LogP contribution in [-0.4, -0.2) is 47.2 Å². The molecule has 2 heterocycles. The molecule has 3 rings (SSSR count). The van der Waals surface area contributed by atoms with Gasteiger partial charge in [-0.1, -0.05) is 23.9 Å². The Bertz CT molecular complexity index is 586. The summed E-state index contributed by atoms with van der Waals surface area (Å²) in [5, 5.41) is 3.30. The van der Waals surface area contributed by atoms with Crippen molar-refractivity contribution in [3.8, 4) is 0 Å². The predicted molar refractivity (Wildman–Crippen MR) is 91.6 cm³/mol. The van der Waals surface area contributed by atoms with Crippen LogP contribution in [0.5, 0.6) is 0 Å². The van der Waals surface area contributed by atoms with Gasteiger partial charge < -0.3 is 10.2 Å². The fourth-order valence-electron chi connectivity index (χ4n) is 2.33. The smallest absolute Gasteiger partial charge is 0.233 e. The Balaban J connectivity index is 0.00000161. The molecule has 0 aliphatic carbocycles. The molecule has 1 fully saturated rings. The van der Waals surface area contributed by atoms with Gasteiger partial charge in [-0.3, -0.25) is 4.79 Å². The lowest BCUT2D eigenvalue weighted by Gasteiger charge is -2.33. The summed E-state index contributed by atoms with van der Waals surface area (Å²) in [4.78, 5) is 18.8. The first-order chi connectivity index (χ1) is 9.74. The van der Waals surface area contributed by atoms with Gasteiger partial charge in [0.05, 0.1) is 16.0 Å². The standard InChI is InChI=1S/C14H17N3OS2.ClH/c1-10-8-15-6-7-17(10)13(18)9-19-14-16-11-4-2-3-5-12(11)20-14;/h2-5,10,15H,6-9H2,1H3;1H/t10-;/m1./s1. The van der Waals surface area contributed by atoms with Crippen molar-refractivity contribution in [1.82, 2.24) is 15.2 Å². The highest BCUT2D eigenvalue weighted by Crippen LogP contribution is 2.29. The number of para-hydroxylation sites is 1. The average Bonchev–Trinajstić information content (AvgIpc) is 2.88. The third-order valence-corrected chi connectivity index (χ3v) is 5.58. The number of halogens is 1. The lowest BCUT2D eigenvalue weighted by atomic mass is 10.2. The molecule has 4 nitrogen and oxygen atoms in total. The van der Waals surface area contributed by atoms with Crippen molar-refractivity contribution in [1.29, 1.82) is 0 Å². The number of thioether (sulfide) groups is 1. The van der Waals surface area contributed by atoms with Gasteiger partial charge in [0.2, 0.25) is 5.91 Å². The van der Waals surface area contributed by atoms with E-state index in [2.05, 4.69) is 23.3 Å². The van der Waals surface area contributed by atoms with E-state index in [1.54, 1.807) is 23.1 Å². The number of piperazine rings is 1. The van der Waals surface area contributed by atoms with E-state index in [0.29, 0.717) is 5.75 Å². The summed E-state index contributed by atoms with van der Waals surface area (Å²) in [7, 11) is 0. The highest BCUT2D eigenvalue weighted by molar-refractivity contribution is 8.01. The van der Waals surface area contributed by atoms with E-state index >= 15 is 0 Å². The number of carbonyl (C=O) groups is 1. The number of amides is 1. The third-order valence-electron chi connectivity index (χ3n) is 3.42. The number of nitrogens with one attached hydrogen (secondary N) is 1. The monoisotopic (exact) mass is 343 g/mol. The Labute approximate surface area is 138 Å². The first-order valence-corrected chi connectivity index (χ1v) is 8.53. The van der Waals surface area contributed by atoms with Crippen LogP contribution in [0.1, 0.15) is 6.92 Å². The van der Waals surface area contributed by atoms with E-state index in [-0.39, 0.29) is 24.4 Å². The maximum Gasteiger partial charge on any atom is 0.233 e. The molecule has 0 saturated carbocycles. The number of benzene rings is 1. The Morgan fingerprint density at radius 1 is 1.52 bits per heavy atom. The Hall–Kier alpha value is -0.820. The maximum atomic E-state index is 12.3. The molecule has 1 N–H and O–H groups in total. The van der Waals surface area contributed by atoms with Crippen molar-refractivity contribution in [3.05, 3.63) is 24.3 Å². The molecule has 1 aliphatic heterocycles. The minimum absolute atomic E-state index is 0. The van der Waals surface area contributed by atoms with Crippen molar-refractivity contribution in [3.63, 3.8) is 0 Å². The zero-order valence-electron chi connectivity index (χ0n) is 11.7. The van der Waals surface area contributed by atoms with Crippen molar-refractivity contribution in [2.75, 3.05) is 25.4 Å².